The fraction of sp³-hybridized carbons (Fsp3) is 0.903. The van der Waals surface area contributed by atoms with Crippen LogP contribution < -0.4 is 5.32 Å². The van der Waals surface area contributed by atoms with Gasteiger partial charge in [0.2, 0.25) is 5.91 Å². The van der Waals surface area contributed by atoms with Crippen molar-refractivity contribution in [2.75, 3.05) is 19.8 Å². The molecule has 0 spiro atoms. The number of carbonyl (C=O) groups is 3. The number of carbonyl (C=O) groups excluding carboxylic acids is 3. The number of phosphoric ester groups is 1. The topological polar surface area (TPSA) is 148 Å². The van der Waals surface area contributed by atoms with Crippen molar-refractivity contribution < 1.29 is 42.7 Å². The predicted octanol–water partition coefficient (Wildman–Crippen LogP) is 7.29. The number of hydrogen-bond acceptors (Lipinski definition) is 7. The highest BCUT2D eigenvalue weighted by molar-refractivity contribution is 7.46. The van der Waals surface area contributed by atoms with Gasteiger partial charge < -0.3 is 24.6 Å². The summed E-state index contributed by atoms with van der Waals surface area (Å²) in [6.07, 6.45) is 21.5. The van der Waals surface area contributed by atoms with Crippen molar-refractivity contribution in [1.82, 2.24) is 5.32 Å². The Morgan fingerprint density at radius 3 is 1.52 bits per heavy atom. The number of nitrogens with one attached hydrogen (secondary N) is 1. The molecule has 1 atom stereocenters. The molecule has 3 N–H and O–H groups in total. The summed E-state index contributed by atoms with van der Waals surface area (Å²) >= 11 is 0. The minimum Gasteiger partial charge on any atom is -0.462 e. The lowest BCUT2D eigenvalue weighted by atomic mass is 10.0. The Labute approximate surface area is 254 Å². The van der Waals surface area contributed by atoms with Gasteiger partial charge >= 0.3 is 19.8 Å². The van der Waals surface area contributed by atoms with E-state index in [0.29, 0.717) is 12.8 Å². The molecule has 42 heavy (non-hydrogen) atoms. The van der Waals surface area contributed by atoms with Gasteiger partial charge in [-0.2, -0.15) is 0 Å². The van der Waals surface area contributed by atoms with Crippen molar-refractivity contribution >= 4 is 25.7 Å². The largest absolute Gasteiger partial charge is 0.469 e. The van der Waals surface area contributed by atoms with Gasteiger partial charge in [0.15, 0.2) is 6.10 Å². The van der Waals surface area contributed by atoms with E-state index in [1.54, 1.807) is 6.92 Å². The lowest BCUT2D eigenvalue weighted by Gasteiger charge is -2.18. The first-order valence-electron chi connectivity index (χ1n) is 16.4. The van der Waals surface area contributed by atoms with E-state index in [1.165, 1.54) is 64.2 Å². The minimum absolute atomic E-state index is 0.0380. The number of unbranched alkanes of at least 4 members (excludes halogenated alkanes) is 18. The zero-order chi connectivity index (χ0) is 31.3. The van der Waals surface area contributed by atoms with Crippen molar-refractivity contribution in [3.05, 3.63) is 0 Å². The van der Waals surface area contributed by atoms with E-state index in [-0.39, 0.29) is 25.4 Å². The first-order valence-corrected chi connectivity index (χ1v) is 18.0. The lowest BCUT2D eigenvalue weighted by molar-refractivity contribution is -0.161. The van der Waals surface area contributed by atoms with Crippen molar-refractivity contribution in [1.29, 1.82) is 0 Å². The van der Waals surface area contributed by atoms with Crippen LogP contribution in [0.15, 0.2) is 0 Å². The number of amides is 1. The van der Waals surface area contributed by atoms with E-state index in [1.807, 2.05) is 0 Å². The van der Waals surface area contributed by atoms with Gasteiger partial charge in [0, 0.05) is 26.3 Å². The van der Waals surface area contributed by atoms with Crippen LogP contribution in [0, 0.1) is 0 Å². The zero-order valence-electron chi connectivity index (χ0n) is 26.5. The van der Waals surface area contributed by atoms with Crippen LogP contribution in [0.2, 0.25) is 0 Å². The number of hydrogen-bond donors (Lipinski definition) is 3. The molecule has 10 nitrogen and oxygen atoms in total. The predicted molar refractivity (Wildman–Crippen MR) is 165 cm³/mol. The number of ether oxygens (including phenoxy) is 2. The maximum absolute atomic E-state index is 12.2. The standard InChI is InChI=1S/C31H60NO9P/c1-3-4-5-6-7-14-18-21-24-31(35)41-29(27-40-42(36,37)38)26-39-30(34)23-20-17-15-12-10-8-9-11-13-16-19-22-25-32-28(2)33/h29H,3-27H2,1-2H3,(H,32,33)(H2,36,37,38)/t29-/m1/s1. The van der Waals surface area contributed by atoms with Gasteiger partial charge in [-0.15, -0.1) is 0 Å². The minimum atomic E-state index is -4.74. The number of esters is 2. The molecule has 0 saturated carbocycles. The maximum atomic E-state index is 12.2. The Morgan fingerprint density at radius 1 is 0.643 bits per heavy atom. The van der Waals surface area contributed by atoms with Crippen molar-refractivity contribution in [2.45, 2.75) is 161 Å². The quantitative estimate of drug-likeness (QED) is 0.0427. The third-order valence-corrected chi connectivity index (χ3v) is 7.56. The highest BCUT2D eigenvalue weighted by Gasteiger charge is 2.22. The monoisotopic (exact) mass is 621 g/mol. The van der Waals surface area contributed by atoms with Crippen LogP contribution in [0.5, 0.6) is 0 Å². The van der Waals surface area contributed by atoms with E-state index < -0.39 is 32.5 Å². The van der Waals surface area contributed by atoms with Gasteiger partial charge in [-0.25, -0.2) is 4.57 Å². The average Bonchev–Trinajstić information content (AvgIpc) is 2.93. The summed E-state index contributed by atoms with van der Waals surface area (Å²) in [5, 5.41) is 2.82. The van der Waals surface area contributed by atoms with Crippen molar-refractivity contribution in [3.8, 4) is 0 Å². The fourth-order valence-electron chi connectivity index (χ4n) is 4.63. The van der Waals surface area contributed by atoms with Crippen LogP contribution in [0.3, 0.4) is 0 Å². The molecule has 248 valence electrons. The molecule has 0 heterocycles. The van der Waals surface area contributed by atoms with Crippen LogP contribution in [-0.2, 0) is 32.9 Å². The summed E-state index contributed by atoms with van der Waals surface area (Å²) in [5.74, 6) is -0.876. The molecule has 0 aliphatic heterocycles. The van der Waals surface area contributed by atoms with Crippen LogP contribution in [0.4, 0.5) is 0 Å². The highest BCUT2D eigenvalue weighted by atomic mass is 31.2. The normalized spacial score (nSPS) is 12.2. The number of phosphoric acid groups is 1. The molecule has 0 aromatic heterocycles. The molecule has 0 fully saturated rings. The highest BCUT2D eigenvalue weighted by Crippen LogP contribution is 2.35. The van der Waals surface area contributed by atoms with E-state index in [4.69, 9.17) is 19.3 Å². The summed E-state index contributed by atoms with van der Waals surface area (Å²) in [6, 6.07) is 0. The molecule has 0 aromatic carbocycles. The Hall–Kier alpha value is -1.48. The maximum Gasteiger partial charge on any atom is 0.469 e. The van der Waals surface area contributed by atoms with E-state index in [9.17, 15) is 18.9 Å². The Kier molecular flexibility index (Phi) is 27.3. The first-order chi connectivity index (χ1) is 20.1. The second-order valence-corrected chi connectivity index (χ2v) is 12.5. The average molecular weight is 622 g/mol. The molecule has 0 rings (SSSR count). The Bertz CT molecular complexity index is 729. The molecule has 0 unspecified atom stereocenters. The molecule has 11 heteroatoms. The second-order valence-electron chi connectivity index (χ2n) is 11.3. The smallest absolute Gasteiger partial charge is 0.462 e. The molecule has 0 bridgehead atoms. The molecule has 0 aromatic rings. The number of rotatable bonds is 30. The summed E-state index contributed by atoms with van der Waals surface area (Å²) < 4.78 is 26.1. The molecule has 0 aliphatic carbocycles. The lowest BCUT2D eigenvalue weighted by Crippen LogP contribution is -2.29. The van der Waals surface area contributed by atoms with E-state index in [2.05, 4.69) is 16.8 Å². The van der Waals surface area contributed by atoms with E-state index in [0.717, 1.165) is 57.9 Å². The Balaban J connectivity index is 3.91. The molecule has 0 radical (unpaired) electrons. The van der Waals surface area contributed by atoms with Gasteiger partial charge in [0.1, 0.15) is 6.61 Å². The summed E-state index contributed by atoms with van der Waals surface area (Å²) in [5.41, 5.74) is 0. The van der Waals surface area contributed by atoms with Gasteiger partial charge in [0.25, 0.3) is 0 Å². The van der Waals surface area contributed by atoms with Crippen molar-refractivity contribution in [2.24, 2.45) is 0 Å². The van der Waals surface area contributed by atoms with Gasteiger partial charge in [-0.05, 0) is 19.3 Å². The fourth-order valence-corrected chi connectivity index (χ4v) is 4.99. The second kappa shape index (κ2) is 28.3. The van der Waals surface area contributed by atoms with Gasteiger partial charge in [-0.3, -0.25) is 18.9 Å². The van der Waals surface area contributed by atoms with Crippen LogP contribution in [-0.4, -0.2) is 53.5 Å². The molecule has 0 aliphatic rings. The summed E-state index contributed by atoms with van der Waals surface area (Å²) in [4.78, 5) is 53.2. The SMILES string of the molecule is CCCCCCCCCCC(=O)O[C@H](COC(=O)CCCCCCCCCCCCCCNC(C)=O)COP(=O)(O)O. The summed E-state index contributed by atoms with van der Waals surface area (Å²) in [6.45, 7) is 3.66. The summed E-state index contributed by atoms with van der Waals surface area (Å²) in [7, 11) is -4.74. The Morgan fingerprint density at radius 2 is 1.07 bits per heavy atom. The van der Waals surface area contributed by atoms with Gasteiger partial charge in [0.05, 0.1) is 6.61 Å². The van der Waals surface area contributed by atoms with Crippen LogP contribution in [0.1, 0.15) is 155 Å². The molecule has 1 amide bonds. The van der Waals surface area contributed by atoms with Crippen molar-refractivity contribution in [3.63, 3.8) is 0 Å². The molecule has 0 saturated heterocycles. The third kappa shape index (κ3) is 31.5. The van der Waals surface area contributed by atoms with Crippen LogP contribution in [0.25, 0.3) is 0 Å². The zero-order valence-corrected chi connectivity index (χ0v) is 27.3. The van der Waals surface area contributed by atoms with Gasteiger partial charge in [-0.1, -0.05) is 116 Å². The van der Waals surface area contributed by atoms with E-state index >= 15 is 0 Å². The third-order valence-electron chi connectivity index (χ3n) is 7.07. The molecular formula is C31H60NO9P. The first kappa shape index (κ1) is 40.5. The van der Waals surface area contributed by atoms with Crippen LogP contribution >= 0.6 is 7.82 Å². The molecular weight excluding hydrogens is 561 g/mol.